The number of benzene rings is 2. The molecule has 1 atom stereocenters. The summed E-state index contributed by atoms with van der Waals surface area (Å²) in [5.41, 5.74) is 5.46. The lowest BCUT2D eigenvalue weighted by Gasteiger charge is -2.13. The maximum absolute atomic E-state index is 11.6. The van der Waals surface area contributed by atoms with E-state index in [1.165, 1.54) is 21.6 Å². The van der Waals surface area contributed by atoms with Gasteiger partial charge in [-0.1, -0.05) is 42.0 Å². The molecule has 0 aliphatic carbocycles. The van der Waals surface area contributed by atoms with E-state index >= 15 is 0 Å². The molecule has 26 heavy (non-hydrogen) atoms. The van der Waals surface area contributed by atoms with E-state index in [9.17, 15) is 4.79 Å². The van der Waals surface area contributed by atoms with Gasteiger partial charge in [0.05, 0.1) is 7.05 Å². The number of quaternary nitrogens is 1. The highest BCUT2D eigenvalue weighted by Crippen LogP contribution is 2.23. The first kappa shape index (κ1) is 18.3. The fourth-order valence-electron chi connectivity index (χ4n) is 2.86. The number of aromatic nitrogens is 1. The number of carbonyl (C=O) groups is 1. The molecule has 4 nitrogen and oxygen atoms in total. The van der Waals surface area contributed by atoms with Crippen LogP contribution < -0.4 is 10.2 Å². The van der Waals surface area contributed by atoms with E-state index in [0.717, 1.165) is 23.8 Å². The van der Waals surface area contributed by atoms with Crippen LogP contribution in [0.2, 0.25) is 0 Å². The largest absolute Gasteiger partial charge is 0.355 e. The Kier molecular flexibility index (Phi) is 5.81. The zero-order valence-corrected chi connectivity index (χ0v) is 16.2. The minimum absolute atomic E-state index is 0.0524. The molecule has 1 amide bonds. The Morgan fingerprint density at radius 1 is 1.08 bits per heavy atom. The summed E-state index contributed by atoms with van der Waals surface area (Å²) in [6.07, 6.45) is 0. The number of nitrogens with zero attached hydrogens (tertiary/aromatic N) is 1. The third-order valence-corrected chi connectivity index (χ3v) is 5.22. The monoisotopic (exact) mass is 366 g/mol. The van der Waals surface area contributed by atoms with Crippen LogP contribution in [0.5, 0.6) is 0 Å². The third-order valence-electron chi connectivity index (χ3n) is 4.28. The van der Waals surface area contributed by atoms with Crippen LogP contribution in [0.15, 0.2) is 53.9 Å². The molecule has 134 valence electrons. The first-order chi connectivity index (χ1) is 12.5. The highest BCUT2D eigenvalue weighted by molar-refractivity contribution is 7.13. The van der Waals surface area contributed by atoms with E-state index in [-0.39, 0.29) is 5.91 Å². The van der Waals surface area contributed by atoms with E-state index in [2.05, 4.69) is 48.9 Å². The summed E-state index contributed by atoms with van der Waals surface area (Å²) in [6.45, 7) is 3.86. The molecule has 2 aromatic carbocycles. The van der Waals surface area contributed by atoms with Crippen LogP contribution in [0, 0.1) is 6.92 Å². The molecular formula is C21H24N3OS+. The molecule has 3 aromatic rings. The predicted molar refractivity (Wildman–Crippen MR) is 106 cm³/mol. The minimum atomic E-state index is -0.0524. The fourth-order valence-corrected chi connectivity index (χ4v) is 3.68. The maximum Gasteiger partial charge on any atom is 0.251 e. The topological polar surface area (TPSA) is 46.4 Å². The Hall–Kier alpha value is -2.50. The van der Waals surface area contributed by atoms with E-state index in [4.69, 9.17) is 4.98 Å². The van der Waals surface area contributed by atoms with Crippen molar-refractivity contribution in [1.29, 1.82) is 0 Å². The molecule has 0 fully saturated rings. The zero-order chi connectivity index (χ0) is 18.5. The van der Waals surface area contributed by atoms with Crippen molar-refractivity contribution in [2.24, 2.45) is 0 Å². The van der Waals surface area contributed by atoms with Crippen molar-refractivity contribution < 1.29 is 9.69 Å². The van der Waals surface area contributed by atoms with Crippen LogP contribution in [0.4, 0.5) is 0 Å². The fraction of sp³-hybridized carbons (Fsp3) is 0.238. The second-order valence-corrected chi connectivity index (χ2v) is 7.45. The Morgan fingerprint density at radius 2 is 1.77 bits per heavy atom. The van der Waals surface area contributed by atoms with E-state index in [1.54, 1.807) is 18.4 Å². The Balaban J connectivity index is 1.60. The minimum Gasteiger partial charge on any atom is -0.355 e. The molecule has 3 rings (SSSR count). The summed E-state index contributed by atoms with van der Waals surface area (Å²) in [6, 6.07) is 16.3. The smallest absolute Gasteiger partial charge is 0.251 e. The standard InChI is InChI=1S/C21H23N3OS/c1-15-4-8-18(9-5-15)21-23-19(14-26-21)13-24(3)12-16-6-10-17(11-7-16)20(25)22-2/h4-11,14H,12-13H2,1-3H3,(H,22,25)/p+1. The van der Waals surface area contributed by atoms with Crippen molar-refractivity contribution in [2.75, 3.05) is 14.1 Å². The van der Waals surface area contributed by atoms with Crippen molar-refractivity contribution in [2.45, 2.75) is 20.0 Å². The normalized spacial score (nSPS) is 12.0. The quantitative estimate of drug-likeness (QED) is 0.705. The summed E-state index contributed by atoms with van der Waals surface area (Å²) in [5.74, 6) is -0.0524. The van der Waals surface area contributed by atoms with Crippen LogP contribution in [0.1, 0.15) is 27.2 Å². The number of hydrogen-bond acceptors (Lipinski definition) is 3. The van der Waals surface area contributed by atoms with Crippen molar-refractivity contribution in [3.8, 4) is 10.6 Å². The van der Waals surface area contributed by atoms with Crippen molar-refractivity contribution >= 4 is 17.2 Å². The molecule has 0 aliphatic rings. The summed E-state index contributed by atoms with van der Waals surface area (Å²) in [7, 11) is 3.81. The second-order valence-electron chi connectivity index (χ2n) is 6.60. The van der Waals surface area contributed by atoms with Crippen LogP contribution in [0.25, 0.3) is 10.6 Å². The number of nitrogens with one attached hydrogen (secondary N) is 2. The molecular weight excluding hydrogens is 342 g/mol. The van der Waals surface area contributed by atoms with Crippen LogP contribution in [-0.2, 0) is 13.1 Å². The van der Waals surface area contributed by atoms with Gasteiger partial charge in [0.2, 0.25) is 0 Å². The van der Waals surface area contributed by atoms with E-state index < -0.39 is 0 Å². The van der Waals surface area contributed by atoms with Gasteiger partial charge < -0.3 is 10.2 Å². The van der Waals surface area contributed by atoms with Gasteiger partial charge in [-0.2, -0.15) is 0 Å². The lowest BCUT2D eigenvalue weighted by atomic mass is 10.1. The van der Waals surface area contributed by atoms with Gasteiger partial charge in [-0.15, -0.1) is 11.3 Å². The molecule has 0 radical (unpaired) electrons. The molecule has 0 bridgehead atoms. The summed E-state index contributed by atoms with van der Waals surface area (Å²) < 4.78 is 0. The van der Waals surface area contributed by atoms with Crippen LogP contribution in [0.3, 0.4) is 0 Å². The first-order valence-electron chi connectivity index (χ1n) is 8.69. The van der Waals surface area contributed by atoms with E-state index in [1.807, 2.05) is 24.3 Å². The number of hydrogen-bond donors (Lipinski definition) is 2. The molecule has 1 heterocycles. The van der Waals surface area contributed by atoms with E-state index in [0.29, 0.717) is 5.56 Å². The maximum atomic E-state index is 11.6. The van der Waals surface area contributed by atoms with Gasteiger partial charge in [0.25, 0.3) is 5.91 Å². The van der Waals surface area contributed by atoms with Gasteiger partial charge in [0.1, 0.15) is 23.8 Å². The Bertz CT molecular complexity index is 869. The Morgan fingerprint density at radius 3 is 2.42 bits per heavy atom. The summed E-state index contributed by atoms with van der Waals surface area (Å²) in [5, 5.41) is 5.86. The van der Waals surface area contributed by atoms with Crippen LogP contribution >= 0.6 is 11.3 Å². The van der Waals surface area contributed by atoms with Crippen molar-refractivity contribution in [1.82, 2.24) is 10.3 Å². The van der Waals surface area contributed by atoms with Crippen molar-refractivity contribution in [3.63, 3.8) is 0 Å². The van der Waals surface area contributed by atoms with Crippen molar-refractivity contribution in [3.05, 3.63) is 76.3 Å². The summed E-state index contributed by atoms with van der Waals surface area (Å²) >= 11 is 1.70. The predicted octanol–water partition coefficient (Wildman–Crippen LogP) is 2.69. The molecule has 0 spiro atoms. The second kappa shape index (κ2) is 8.25. The molecule has 1 unspecified atom stereocenters. The number of thiazole rings is 1. The van der Waals surface area contributed by atoms with Gasteiger partial charge in [-0.3, -0.25) is 4.79 Å². The van der Waals surface area contributed by atoms with Gasteiger partial charge in [0, 0.05) is 29.1 Å². The van der Waals surface area contributed by atoms with Gasteiger partial charge in [-0.05, 0) is 19.1 Å². The molecule has 0 aliphatic heterocycles. The van der Waals surface area contributed by atoms with Gasteiger partial charge >= 0.3 is 0 Å². The average Bonchev–Trinajstić information content (AvgIpc) is 3.10. The molecule has 1 aromatic heterocycles. The van der Waals surface area contributed by atoms with Gasteiger partial charge in [0.15, 0.2) is 0 Å². The highest BCUT2D eigenvalue weighted by atomic mass is 32.1. The third kappa shape index (κ3) is 4.56. The number of rotatable bonds is 6. The molecule has 5 heteroatoms. The molecule has 0 saturated carbocycles. The molecule has 2 N–H and O–H groups in total. The van der Waals surface area contributed by atoms with Crippen LogP contribution in [-0.4, -0.2) is 25.0 Å². The molecule has 0 saturated heterocycles. The SMILES string of the molecule is CNC(=O)c1ccc(C[NH+](C)Cc2csc(-c3ccc(C)cc3)n2)cc1. The highest BCUT2D eigenvalue weighted by Gasteiger charge is 2.11. The number of carbonyl (C=O) groups excluding carboxylic acids is 1. The zero-order valence-electron chi connectivity index (χ0n) is 15.4. The lowest BCUT2D eigenvalue weighted by molar-refractivity contribution is -0.908. The summed E-state index contributed by atoms with van der Waals surface area (Å²) in [4.78, 5) is 17.7. The lowest BCUT2D eigenvalue weighted by Crippen LogP contribution is -3.06. The Labute approximate surface area is 158 Å². The number of amides is 1. The number of aryl methyl sites for hydroxylation is 1. The first-order valence-corrected chi connectivity index (χ1v) is 9.57. The average molecular weight is 367 g/mol. The van der Waals surface area contributed by atoms with Gasteiger partial charge in [-0.25, -0.2) is 4.98 Å².